The molecule has 2 atom stereocenters. The van der Waals surface area contributed by atoms with E-state index in [4.69, 9.17) is 4.98 Å². The summed E-state index contributed by atoms with van der Waals surface area (Å²) in [6, 6.07) is 8.66. The highest BCUT2D eigenvalue weighted by Gasteiger charge is 2.37. The molecule has 1 saturated heterocycles. The molecule has 0 spiro atoms. The molecule has 0 aliphatic carbocycles. The smallest absolute Gasteiger partial charge is 0.240 e. The van der Waals surface area contributed by atoms with Crippen LogP contribution < -0.4 is 0 Å². The van der Waals surface area contributed by atoms with Gasteiger partial charge in [-0.3, -0.25) is 14.8 Å². The zero-order valence-electron chi connectivity index (χ0n) is 22.8. The first kappa shape index (κ1) is 25.5. The summed E-state index contributed by atoms with van der Waals surface area (Å²) >= 11 is 0. The molecule has 2 unspecified atom stereocenters. The Balaban J connectivity index is 1.28. The van der Waals surface area contributed by atoms with Crippen molar-refractivity contribution in [3.63, 3.8) is 0 Å². The molecule has 2 aliphatic rings. The summed E-state index contributed by atoms with van der Waals surface area (Å²) < 4.78 is 14.2. The van der Waals surface area contributed by atoms with Gasteiger partial charge in [-0.2, -0.15) is 5.10 Å². The summed E-state index contributed by atoms with van der Waals surface area (Å²) in [5.74, 6) is -0.144. The number of imidazole rings is 1. The molecule has 2 aromatic carbocycles. The Hall–Kier alpha value is -3.76. The average Bonchev–Trinajstić information content (AvgIpc) is 3.52. The van der Waals surface area contributed by atoms with E-state index in [1.165, 1.54) is 12.1 Å². The number of halogens is 1. The number of carbonyl (C=O) groups excluding carboxylic acids is 1. The molecule has 39 heavy (non-hydrogen) atoms. The molecule has 6 rings (SSSR count). The molecule has 0 bridgehead atoms. The number of phenols is 1. The Bertz CT molecular complexity index is 1560. The van der Waals surface area contributed by atoms with Crippen molar-refractivity contribution >= 4 is 16.8 Å². The summed E-state index contributed by atoms with van der Waals surface area (Å²) in [6.45, 7) is 7.22. The first-order valence-corrected chi connectivity index (χ1v) is 13.5. The lowest BCUT2D eigenvalue weighted by molar-refractivity contribution is -0.141. The maximum Gasteiger partial charge on any atom is 0.240 e. The molecule has 10 heteroatoms. The zero-order chi connectivity index (χ0) is 27.4. The van der Waals surface area contributed by atoms with E-state index in [0.29, 0.717) is 30.9 Å². The molecule has 4 heterocycles. The fourth-order valence-electron chi connectivity index (χ4n) is 6.02. The van der Waals surface area contributed by atoms with E-state index in [1.54, 1.807) is 0 Å². The largest absolute Gasteiger partial charge is 0.505 e. The minimum Gasteiger partial charge on any atom is -0.505 e. The number of benzene rings is 2. The second-order valence-electron chi connectivity index (χ2n) is 10.9. The third-order valence-corrected chi connectivity index (χ3v) is 8.24. The number of piperazine rings is 1. The third-order valence-electron chi connectivity index (χ3n) is 8.24. The number of rotatable bonds is 4. The van der Waals surface area contributed by atoms with Gasteiger partial charge in [0.1, 0.15) is 5.69 Å². The van der Waals surface area contributed by atoms with Gasteiger partial charge < -0.3 is 19.9 Å². The Morgan fingerprint density at radius 1 is 1.21 bits per heavy atom. The van der Waals surface area contributed by atoms with E-state index in [-0.39, 0.29) is 23.7 Å². The number of hydrogen-bond donors (Lipinski definition) is 3. The third kappa shape index (κ3) is 4.47. The highest BCUT2D eigenvalue weighted by Crippen LogP contribution is 2.34. The van der Waals surface area contributed by atoms with Gasteiger partial charge in [-0.1, -0.05) is 13.0 Å². The van der Waals surface area contributed by atoms with Crippen LogP contribution in [-0.2, 0) is 24.2 Å². The average molecular weight is 532 g/mol. The van der Waals surface area contributed by atoms with Crippen LogP contribution in [0.1, 0.15) is 30.8 Å². The monoisotopic (exact) mass is 531 g/mol. The summed E-state index contributed by atoms with van der Waals surface area (Å²) in [7, 11) is 4.09. The van der Waals surface area contributed by atoms with Crippen molar-refractivity contribution in [2.24, 2.45) is 0 Å². The van der Waals surface area contributed by atoms with Gasteiger partial charge in [0.15, 0.2) is 17.4 Å². The van der Waals surface area contributed by atoms with Gasteiger partial charge in [0, 0.05) is 44.0 Å². The Kier molecular flexibility index (Phi) is 6.39. The lowest BCUT2D eigenvalue weighted by atomic mass is 9.96. The van der Waals surface area contributed by atoms with E-state index in [9.17, 15) is 14.3 Å². The van der Waals surface area contributed by atoms with Crippen molar-refractivity contribution in [2.45, 2.75) is 45.3 Å². The number of aromatic hydroxyl groups is 1. The summed E-state index contributed by atoms with van der Waals surface area (Å²) in [5.41, 5.74) is 5.87. The number of amides is 1. The highest BCUT2D eigenvalue weighted by atomic mass is 19.1. The van der Waals surface area contributed by atoms with Crippen molar-refractivity contribution in [3.8, 4) is 28.4 Å². The fourth-order valence-corrected chi connectivity index (χ4v) is 6.02. The number of hydrogen-bond acceptors (Lipinski definition) is 6. The van der Waals surface area contributed by atoms with Crippen LogP contribution >= 0.6 is 0 Å². The second kappa shape index (κ2) is 9.77. The number of nitrogens with zero attached hydrogens (tertiary/aromatic N) is 5. The van der Waals surface area contributed by atoms with Crippen molar-refractivity contribution in [1.29, 1.82) is 0 Å². The van der Waals surface area contributed by atoms with E-state index < -0.39 is 5.82 Å². The van der Waals surface area contributed by atoms with Crippen LogP contribution in [0.15, 0.2) is 30.3 Å². The minimum atomic E-state index is -0.641. The Morgan fingerprint density at radius 2 is 2.03 bits per heavy atom. The van der Waals surface area contributed by atoms with Crippen LogP contribution in [0.2, 0.25) is 0 Å². The molecule has 9 nitrogen and oxygen atoms in total. The number of aromatic amines is 2. The molecule has 2 aromatic heterocycles. The lowest BCUT2D eigenvalue weighted by Crippen LogP contribution is -2.58. The molecule has 0 radical (unpaired) electrons. The topological polar surface area (TPSA) is 104 Å². The number of fused-ring (bicyclic) bond motifs is 2. The molecule has 4 aromatic rings. The van der Waals surface area contributed by atoms with Gasteiger partial charge in [-0.25, -0.2) is 9.37 Å². The molecule has 1 fully saturated rings. The number of phenolic OH excluding ortho intramolecular Hbond substituents is 1. The van der Waals surface area contributed by atoms with Crippen molar-refractivity contribution in [1.82, 2.24) is 34.9 Å². The van der Waals surface area contributed by atoms with E-state index in [1.807, 2.05) is 37.1 Å². The molecule has 204 valence electrons. The van der Waals surface area contributed by atoms with Crippen molar-refractivity contribution in [3.05, 3.63) is 53.1 Å². The quantitative estimate of drug-likeness (QED) is 0.372. The highest BCUT2D eigenvalue weighted by molar-refractivity contribution is 5.94. The number of aryl methyl sites for hydroxylation is 1. The van der Waals surface area contributed by atoms with Crippen LogP contribution in [0, 0.1) is 5.82 Å². The standard InChI is InChI=1S/C29H34FN7O2/c1-5-17-11-26(38)21(30)12-20(17)18-6-7-19-22(10-18)33-34-27(19)28-31-23-13-25(36(4)15-24(23)32-28)29(39)37-9-8-35(3)14-16(37)2/h6-7,10-12,16,25,38H,5,8-9,13-15H2,1-4H3,(H,31,32)(H,33,34). The van der Waals surface area contributed by atoms with Crippen LogP contribution in [0.5, 0.6) is 5.75 Å². The van der Waals surface area contributed by atoms with Gasteiger partial charge in [0.25, 0.3) is 0 Å². The van der Waals surface area contributed by atoms with E-state index in [0.717, 1.165) is 58.6 Å². The van der Waals surface area contributed by atoms with Gasteiger partial charge in [-0.15, -0.1) is 0 Å². The molecule has 0 saturated carbocycles. The minimum absolute atomic E-state index is 0.170. The number of aromatic nitrogens is 4. The van der Waals surface area contributed by atoms with Gasteiger partial charge in [0.2, 0.25) is 5.91 Å². The van der Waals surface area contributed by atoms with Gasteiger partial charge >= 0.3 is 0 Å². The van der Waals surface area contributed by atoms with Crippen LogP contribution in [0.4, 0.5) is 4.39 Å². The van der Waals surface area contributed by atoms with Crippen LogP contribution in [0.3, 0.4) is 0 Å². The molecule has 1 amide bonds. The molecular weight excluding hydrogens is 497 g/mol. The number of H-pyrrole nitrogens is 2. The van der Waals surface area contributed by atoms with E-state index >= 15 is 0 Å². The maximum absolute atomic E-state index is 14.2. The number of nitrogens with one attached hydrogen (secondary N) is 2. The predicted molar refractivity (Wildman–Crippen MR) is 148 cm³/mol. The summed E-state index contributed by atoms with van der Waals surface area (Å²) in [4.78, 5) is 28.2. The Morgan fingerprint density at radius 3 is 2.79 bits per heavy atom. The normalized spacial score (nSPS) is 20.5. The molecule has 3 N–H and O–H groups in total. The predicted octanol–water partition coefficient (Wildman–Crippen LogP) is 3.55. The van der Waals surface area contributed by atoms with Gasteiger partial charge in [0.05, 0.1) is 22.9 Å². The number of likely N-dealkylation sites (N-methyl/N-ethyl adjacent to an activating group) is 2. The van der Waals surface area contributed by atoms with Gasteiger partial charge in [-0.05, 0) is 68.4 Å². The van der Waals surface area contributed by atoms with E-state index in [2.05, 4.69) is 39.0 Å². The Labute approximate surface area is 226 Å². The summed E-state index contributed by atoms with van der Waals surface area (Å²) in [5, 5.41) is 18.3. The number of carbonyl (C=O) groups is 1. The SMILES string of the molecule is CCc1cc(O)c(F)cc1-c1ccc2c(-c3nc4c([nH]3)CN(C)C(C(=O)N3CCN(C)CC3C)C4)n[nH]c2c1. The lowest BCUT2D eigenvalue weighted by Gasteiger charge is -2.42. The fraction of sp³-hybridized carbons (Fsp3) is 0.414. The van der Waals surface area contributed by atoms with Crippen molar-refractivity contribution < 1.29 is 14.3 Å². The van der Waals surface area contributed by atoms with Crippen LogP contribution in [0.25, 0.3) is 33.5 Å². The second-order valence-corrected chi connectivity index (χ2v) is 10.9. The van der Waals surface area contributed by atoms with Crippen molar-refractivity contribution in [2.75, 3.05) is 33.7 Å². The summed E-state index contributed by atoms with van der Waals surface area (Å²) in [6.07, 6.45) is 1.22. The first-order valence-electron chi connectivity index (χ1n) is 13.5. The maximum atomic E-state index is 14.2. The molecular formula is C29H34FN7O2. The van der Waals surface area contributed by atoms with Crippen LogP contribution in [-0.4, -0.2) is 91.7 Å². The first-order chi connectivity index (χ1) is 18.7. The molecule has 2 aliphatic heterocycles. The zero-order valence-corrected chi connectivity index (χ0v) is 22.8.